The van der Waals surface area contributed by atoms with Gasteiger partial charge in [0, 0.05) is 31.6 Å². The molecule has 5 heteroatoms. The first kappa shape index (κ1) is 14.8. The van der Waals surface area contributed by atoms with Crippen molar-refractivity contribution in [3.05, 3.63) is 0 Å². The Kier molecular flexibility index (Phi) is 6.07. The largest absolute Gasteiger partial charge is 0.379 e. The minimum atomic E-state index is 0.208. The van der Waals surface area contributed by atoms with Gasteiger partial charge < -0.3 is 15.4 Å². The van der Waals surface area contributed by atoms with Gasteiger partial charge in [-0.3, -0.25) is 9.69 Å². The number of ether oxygens (including phenoxy) is 1. The fraction of sp³-hybridized carbons (Fsp3) is 0.929. The van der Waals surface area contributed by atoms with Gasteiger partial charge in [0.1, 0.15) is 0 Å². The van der Waals surface area contributed by atoms with E-state index in [4.69, 9.17) is 4.74 Å². The number of hydrogen-bond donors (Lipinski definition) is 2. The topological polar surface area (TPSA) is 53.6 Å². The Labute approximate surface area is 116 Å². The van der Waals surface area contributed by atoms with E-state index in [1.54, 1.807) is 0 Å². The predicted octanol–water partition coefficient (Wildman–Crippen LogP) is 0.213. The van der Waals surface area contributed by atoms with Crippen molar-refractivity contribution in [1.82, 2.24) is 15.5 Å². The van der Waals surface area contributed by atoms with Crippen molar-refractivity contribution in [3.8, 4) is 0 Å². The molecule has 2 rings (SSSR count). The lowest BCUT2D eigenvalue weighted by Crippen LogP contribution is -2.43. The molecule has 1 amide bonds. The monoisotopic (exact) mass is 269 g/mol. The van der Waals surface area contributed by atoms with Crippen LogP contribution in [0.2, 0.25) is 0 Å². The van der Waals surface area contributed by atoms with E-state index in [1.165, 1.54) is 0 Å². The fourth-order valence-electron chi connectivity index (χ4n) is 2.85. The summed E-state index contributed by atoms with van der Waals surface area (Å²) in [6.45, 7) is 8.73. The summed E-state index contributed by atoms with van der Waals surface area (Å²) in [6.07, 6.45) is 2.97. The molecule has 0 saturated carbocycles. The molecule has 0 aromatic heterocycles. The molecule has 5 nitrogen and oxygen atoms in total. The summed E-state index contributed by atoms with van der Waals surface area (Å²) in [4.78, 5) is 14.4. The summed E-state index contributed by atoms with van der Waals surface area (Å²) >= 11 is 0. The molecule has 2 N–H and O–H groups in total. The molecule has 0 aromatic rings. The quantitative estimate of drug-likeness (QED) is 0.701. The Morgan fingerprint density at radius 2 is 2.21 bits per heavy atom. The standard InChI is InChI=1S/C14H27N3O2/c1-12-11-13(3-5-15-12)14(18)16-4-2-6-17-7-9-19-10-8-17/h12-13,15H,2-11H2,1H3,(H,16,18). The highest BCUT2D eigenvalue weighted by molar-refractivity contribution is 5.78. The number of carbonyl (C=O) groups is 1. The maximum absolute atomic E-state index is 12.0. The highest BCUT2D eigenvalue weighted by atomic mass is 16.5. The molecular formula is C14H27N3O2. The van der Waals surface area contributed by atoms with E-state index in [-0.39, 0.29) is 11.8 Å². The molecule has 0 aromatic carbocycles. The van der Waals surface area contributed by atoms with Crippen molar-refractivity contribution in [3.63, 3.8) is 0 Å². The van der Waals surface area contributed by atoms with E-state index in [9.17, 15) is 4.79 Å². The van der Waals surface area contributed by atoms with Crippen molar-refractivity contribution in [1.29, 1.82) is 0 Å². The molecule has 0 spiro atoms. The Bertz CT molecular complexity index is 280. The lowest BCUT2D eigenvalue weighted by Gasteiger charge is -2.28. The van der Waals surface area contributed by atoms with Gasteiger partial charge in [-0.05, 0) is 39.3 Å². The third kappa shape index (κ3) is 5.09. The molecule has 2 atom stereocenters. The van der Waals surface area contributed by atoms with Crippen LogP contribution in [-0.2, 0) is 9.53 Å². The molecule has 2 unspecified atom stereocenters. The highest BCUT2D eigenvalue weighted by Crippen LogP contribution is 2.15. The number of amides is 1. The molecule has 2 aliphatic heterocycles. The minimum Gasteiger partial charge on any atom is -0.379 e. The van der Waals surface area contributed by atoms with Crippen LogP contribution in [-0.4, -0.2) is 62.8 Å². The zero-order valence-corrected chi connectivity index (χ0v) is 12.0. The number of nitrogens with one attached hydrogen (secondary N) is 2. The number of nitrogens with zero attached hydrogens (tertiary/aromatic N) is 1. The van der Waals surface area contributed by atoms with E-state index in [1.807, 2.05) is 0 Å². The number of hydrogen-bond acceptors (Lipinski definition) is 4. The second kappa shape index (κ2) is 7.82. The summed E-state index contributed by atoms with van der Waals surface area (Å²) in [6, 6.07) is 0.470. The summed E-state index contributed by atoms with van der Waals surface area (Å²) in [5.41, 5.74) is 0. The number of piperidine rings is 1. The normalized spacial score (nSPS) is 29.1. The molecule has 2 aliphatic rings. The van der Waals surface area contributed by atoms with Crippen molar-refractivity contribution >= 4 is 5.91 Å². The Morgan fingerprint density at radius 1 is 1.42 bits per heavy atom. The van der Waals surface area contributed by atoms with Gasteiger partial charge in [-0.1, -0.05) is 0 Å². The first-order valence-corrected chi connectivity index (χ1v) is 7.57. The van der Waals surface area contributed by atoms with Crippen LogP contribution in [0.1, 0.15) is 26.2 Å². The van der Waals surface area contributed by atoms with Gasteiger partial charge in [0.15, 0.2) is 0 Å². The summed E-state index contributed by atoms with van der Waals surface area (Å²) < 4.78 is 5.32. The second-order valence-corrected chi connectivity index (χ2v) is 5.68. The zero-order chi connectivity index (χ0) is 13.5. The highest BCUT2D eigenvalue weighted by Gasteiger charge is 2.24. The SMILES string of the molecule is CC1CC(C(=O)NCCCN2CCOCC2)CCN1. The van der Waals surface area contributed by atoms with E-state index in [0.29, 0.717) is 6.04 Å². The van der Waals surface area contributed by atoms with E-state index >= 15 is 0 Å². The van der Waals surface area contributed by atoms with Crippen LogP contribution in [0.25, 0.3) is 0 Å². The first-order valence-electron chi connectivity index (χ1n) is 7.57. The average molecular weight is 269 g/mol. The molecular weight excluding hydrogens is 242 g/mol. The second-order valence-electron chi connectivity index (χ2n) is 5.68. The van der Waals surface area contributed by atoms with Crippen LogP contribution >= 0.6 is 0 Å². The third-order valence-corrected chi connectivity index (χ3v) is 4.05. The molecule has 19 heavy (non-hydrogen) atoms. The minimum absolute atomic E-state index is 0.208. The van der Waals surface area contributed by atoms with Gasteiger partial charge in [-0.25, -0.2) is 0 Å². The zero-order valence-electron chi connectivity index (χ0n) is 12.0. The lowest BCUT2D eigenvalue weighted by molar-refractivity contribution is -0.126. The third-order valence-electron chi connectivity index (χ3n) is 4.05. The van der Waals surface area contributed by atoms with Crippen LogP contribution < -0.4 is 10.6 Å². The van der Waals surface area contributed by atoms with Crippen LogP contribution in [0.5, 0.6) is 0 Å². The Balaban J connectivity index is 1.55. The Hall–Kier alpha value is -0.650. The van der Waals surface area contributed by atoms with Crippen molar-refractivity contribution < 1.29 is 9.53 Å². The van der Waals surface area contributed by atoms with Crippen molar-refractivity contribution in [2.24, 2.45) is 5.92 Å². The molecule has 2 fully saturated rings. The van der Waals surface area contributed by atoms with Crippen molar-refractivity contribution in [2.75, 3.05) is 45.9 Å². The van der Waals surface area contributed by atoms with E-state index in [2.05, 4.69) is 22.5 Å². The van der Waals surface area contributed by atoms with Crippen LogP contribution in [0, 0.1) is 5.92 Å². The molecule has 0 radical (unpaired) electrons. The predicted molar refractivity (Wildman–Crippen MR) is 75.1 cm³/mol. The lowest BCUT2D eigenvalue weighted by atomic mass is 9.92. The fourth-order valence-corrected chi connectivity index (χ4v) is 2.85. The van der Waals surface area contributed by atoms with Crippen LogP contribution in [0.3, 0.4) is 0 Å². The van der Waals surface area contributed by atoms with Crippen molar-refractivity contribution in [2.45, 2.75) is 32.2 Å². The van der Waals surface area contributed by atoms with E-state index in [0.717, 1.165) is 65.2 Å². The number of morpholine rings is 1. The van der Waals surface area contributed by atoms with Gasteiger partial charge in [0.05, 0.1) is 13.2 Å². The van der Waals surface area contributed by atoms with Gasteiger partial charge >= 0.3 is 0 Å². The van der Waals surface area contributed by atoms with Gasteiger partial charge in [-0.15, -0.1) is 0 Å². The molecule has 2 heterocycles. The van der Waals surface area contributed by atoms with Crippen LogP contribution in [0.4, 0.5) is 0 Å². The molecule has 110 valence electrons. The Morgan fingerprint density at radius 3 is 2.95 bits per heavy atom. The van der Waals surface area contributed by atoms with Gasteiger partial charge in [0.25, 0.3) is 0 Å². The molecule has 0 aliphatic carbocycles. The van der Waals surface area contributed by atoms with Gasteiger partial charge in [-0.2, -0.15) is 0 Å². The smallest absolute Gasteiger partial charge is 0.223 e. The number of rotatable bonds is 5. The first-order chi connectivity index (χ1) is 9.25. The van der Waals surface area contributed by atoms with Gasteiger partial charge in [0.2, 0.25) is 5.91 Å². The molecule has 2 saturated heterocycles. The summed E-state index contributed by atoms with van der Waals surface area (Å²) in [7, 11) is 0. The average Bonchev–Trinajstić information content (AvgIpc) is 2.44. The van der Waals surface area contributed by atoms with Crippen LogP contribution in [0.15, 0.2) is 0 Å². The number of carbonyl (C=O) groups excluding carboxylic acids is 1. The molecule has 0 bridgehead atoms. The maximum atomic E-state index is 12.0. The maximum Gasteiger partial charge on any atom is 0.223 e. The van der Waals surface area contributed by atoms with E-state index < -0.39 is 0 Å². The summed E-state index contributed by atoms with van der Waals surface area (Å²) in [5, 5.41) is 6.47. The summed E-state index contributed by atoms with van der Waals surface area (Å²) in [5.74, 6) is 0.454.